The molecule has 23 heavy (non-hydrogen) atoms. The number of hydrogen-bond acceptors (Lipinski definition) is 4. The van der Waals surface area contributed by atoms with Gasteiger partial charge in [0.05, 0.1) is 5.56 Å². The summed E-state index contributed by atoms with van der Waals surface area (Å²) in [6.07, 6.45) is 2.34. The zero-order chi connectivity index (χ0) is 16.7. The van der Waals surface area contributed by atoms with E-state index in [1.807, 2.05) is 7.05 Å². The Kier molecular flexibility index (Phi) is 3.92. The number of amides is 2. The molecule has 2 aliphatic rings. The van der Waals surface area contributed by atoms with Gasteiger partial charge < -0.3 is 20.6 Å². The molecule has 0 aromatic heterocycles. The number of benzene rings is 1. The Bertz CT molecular complexity index is 646. The van der Waals surface area contributed by atoms with Gasteiger partial charge in [-0.3, -0.25) is 9.59 Å². The number of carbonyl (C=O) groups is 2. The molecule has 124 valence electrons. The zero-order valence-corrected chi connectivity index (χ0v) is 13.5. The maximum absolute atomic E-state index is 12.7. The van der Waals surface area contributed by atoms with Gasteiger partial charge in [-0.2, -0.15) is 0 Å². The highest BCUT2D eigenvalue weighted by molar-refractivity contribution is 5.99. The summed E-state index contributed by atoms with van der Waals surface area (Å²) in [5.41, 5.74) is 6.57. The summed E-state index contributed by atoms with van der Waals surface area (Å²) >= 11 is 0. The average molecular weight is 317 g/mol. The fraction of sp³-hybridized carbons (Fsp3) is 0.529. The third kappa shape index (κ3) is 2.85. The van der Waals surface area contributed by atoms with Crippen LogP contribution in [0.2, 0.25) is 0 Å². The molecule has 1 saturated heterocycles. The van der Waals surface area contributed by atoms with Crippen LogP contribution >= 0.6 is 0 Å². The van der Waals surface area contributed by atoms with E-state index in [1.165, 1.54) is 12.1 Å². The van der Waals surface area contributed by atoms with Crippen LogP contribution in [0, 0.1) is 11.8 Å². The van der Waals surface area contributed by atoms with E-state index < -0.39 is 0 Å². The van der Waals surface area contributed by atoms with Gasteiger partial charge in [-0.05, 0) is 42.9 Å². The van der Waals surface area contributed by atoms with Gasteiger partial charge in [0.2, 0.25) is 5.91 Å². The lowest BCUT2D eigenvalue weighted by Crippen LogP contribution is -2.40. The molecule has 2 amide bonds. The van der Waals surface area contributed by atoms with E-state index in [0.29, 0.717) is 29.5 Å². The Morgan fingerprint density at radius 1 is 1.35 bits per heavy atom. The topological polar surface area (TPSA) is 86.9 Å². The molecule has 6 heteroatoms. The van der Waals surface area contributed by atoms with Crippen LogP contribution in [-0.2, 0) is 4.79 Å². The van der Waals surface area contributed by atoms with E-state index in [9.17, 15) is 14.7 Å². The highest BCUT2D eigenvalue weighted by atomic mass is 16.3. The largest absolute Gasteiger partial charge is 0.508 e. The molecule has 0 bridgehead atoms. The first-order valence-corrected chi connectivity index (χ1v) is 7.96. The zero-order valence-electron chi connectivity index (χ0n) is 13.5. The summed E-state index contributed by atoms with van der Waals surface area (Å²) in [5, 5.41) is 9.59. The highest BCUT2D eigenvalue weighted by Crippen LogP contribution is 2.40. The molecule has 1 heterocycles. The molecule has 1 aromatic carbocycles. The predicted octanol–water partition coefficient (Wildman–Crippen LogP) is 1.30. The summed E-state index contributed by atoms with van der Waals surface area (Å²) in [5.74, 6) is 0.864. The fourth-order valence-electron chi connectivity index (χ4n) is 3.89. The summed E-state index contributed by atoms with van der Waals surface area (Å²) in [4.78, 5) is 28.1. The van der Waals surface area contributed by atoms with Crippen LogP contribution in [-0.4, -0.2) is 53.4 Å². The number of piperidine rings is 1. The SMILES string of the molecule is CN1C[C@@H]2C[C@H](N(C)C(=O)c3cc(O)ccc3N)C[C@@H]2CC1=O. The molecule has 3 atom stereocenters. The van der Waals surface area contributed by atoms with Crippen LogP contribution in [0.3, 0.4) is 0 Å². The second-order valence-electron chi connectivity index (χ2n) is 6.81. The quantitative estimate of drug-likeness (QED) is 0.636. The number of anilines is 1. The number of nitrogen functional groups attached to an aromatic ring is 1. The normalized spacial score (nSPS) is 27.0. The van der Waals surface area contributed by atoms with Gasteiger partial charge in [0.1, 0.15) is 5.75 Å². The molecule has 3 rings (SSSR count). The smallest absolute Gasteiger partial charge is 0.256 e. The summed E-state index contributed by atoms with van der Waals surface area (Å²) in [7, 11) is 3.62. The van der Waals surface area contributed by atoms with Gasteiger partial charge >= 0.3 is 0 Å². The Balaban J connectivity index is 1.74. The molecule has 6 nitrogen and oxygen atoms in total. The summed E-state index contributed by atoms with van der Waals surface area (Å²) in [6.45, 7) is 0.774. The van der Waals surface area contributed by atoms with Crippen LogP contribution in [0.1, 0.15) is 29.6 Å². The monoisotopic (exact) mass is 317 g/mol. The van der Waals surface area contributed by atoms with Crippen LogP contribution in [0.25, 0.3) is 0 Å². The maximum Gasteiger partial charge on any atom is 0.256 e. The number of nitrogens with two attached hydrogens (primary N) is 1. The van der Waals surface area contributed by atoms with E-state index in [-0.39, 0.29) is 23.6 Å². The van der Waals surface area contributed by atoms with E-state index in [1.54, 1.807) is 22.9 Å². The van der Waals surface area contributed by atoms with E-state index >= 15 is 0 Å². The molecule has 0 spiro atoms. The van der Waals surface area contributed by atoms with Gasteiger partial charge in [-0.1, -0.05) is 0 Å². The van der Waals surface area contributed by atoms with Crippen molar-refractivity contribution in [1.29, 1.82) is 0 Å². The van der Waals surface area contributed by atoms with Crippen LogP contribution in [0.5, 0.6) is 5.75 Å². The van der Waals surface area contributed by atoms with Crippen molar-refractivity contribution >= 4 is 17.5 Å². The Morgan fingerprint density at radius 2 is 2.04 bits per heavy atom. The Labute approximate surface area is 135 Å². The molecular formula is C17H23N3O3. The van der Waals surface area contributed by atoms with Crippen LogP contribution in [0.4, 0.5) is 5.69 Å². The average Bonchev–Trinajstić information content (AvgIpc) is 2.91. The number of carbonyl (C=O) groups excluding carboxylic acids is 2. The predicted molar refractivity (Wildman–Crippen MR) is 86.9 cm³/mol. The first-order chi connectivity index (χ1) is 10.9. The Hall–Kier alpha value is -2.24. The fourth-order valence-corrected chi connectivity index (χ4v) is 3.89. The van der Waals surface area contributed by atoms with Crippen LogP contribution < -0.4 is 5.73 Å². The molecular weight excluding hydrogens is 294 g/mol. The number of aromatic hydroxyl groups is 1. The third-order valence-corrected chi connectivity index (χ3v) is 5.32. The molecule has 0 unspecified atom stereocenters. The minimum absolute atomic E-state index is 0.0308. The number of likely N-dealkylation sites (tertiary alicyclic amines) is 1. The first kappa shape index (κ1) is 15.6. The minimum Gasteiger partial charge on any atom is -0.508 e. The number of nitrogens with zero attached hydrogens (tertiary/aromatic N) is 2. The van der Waals surface area contributed by atoms with E-state index in [2.05, 4.69) is 0 Å². The lowest BCUT2D eigenvalue weighted by molar-refractivity contribution is -0.134. The number of phenols is 1. The van der Waals surface area contributed by atoms with Crippen molar-refractivity contribution in [2.75, 3.05) is 26.4 Å². The molecule has 1 aliphatic heterocycles. The van der Waals surface area contributed by atoms with Crippen molar-refractivity contribution in [1.82, 2.24) is 9.80 Å². The number of fused-ring (bicyclic) bond motifs is 1. The molecule has 1 saturated carbocycles. The van der Waals surface area contributed by atoms with Crippen LogP contribution in [0.15, 0.2) is 18.2 Å². The van der Waals surface area contributed by atoms with Gasteiger partial charge in [-0.15, -0.1) is 0 Å². The minimum atomic E-state index is -0.179. The molecule has 1 aromatic rings. The molecule has 2 fully saturated rings. The molecule has 0 radical (unpaired) electrons. The van der Waals surface area contributed by atoms with E-state index in [0.717, 1.165) is 19.4 Å². The van der Waals surface area contributed by atoms with Gasteiger partial charge in [-0.25, -0.2) is 0 Å². The molecule has 3 N–H and O–H groups in total. The Morgan fingerprint density at radius 3 is 2.78 bits per heavy atom. The summed E-state index contributed by atoms with van der Waals surface area (Å²) in [6, 6.07) is 4.53. The van der Waals surface area contributed by atoms with Crippen molar-refractivity contribution < 1.29 is 14.7 Å². The van der Waals surface area contributed by atoms with Crippen molar-refractivity contribution in [3.8, 4) is 5.75 Å². The van der Waals surface area contributed by atoms with Gasteiger partial charge in [0, 0.05) is 38.8 Å². The number of rotatable bonds is 2. The third-order valence-electron chi connectivity index (χ3n) is 5.32. The number of hydrogen-bond donors (Lipinski definition) is 2. The lowest BCUT2D eigenvalue weighted by Gasteiger charge is -2.31. The first-order valence-electron chi connectivity index (χ1n) is 7.96. The highest BCUT2D eigenvalue weighted by Gasteiger charge is 2.42. The summed E-state index contributed by atoms with van der Waals surface area (Å²) < 4.78 is 0. The van der Waals surface area contributed by atoms with E-state index in [4.69, 9.17) is 5.73 Å². The second kappa shape index (κ2) is 5.76. The maximum atomic E-state index is 12.7. The second-order valence-corrected chi connectivity index (χ2v) is 6.81. The van der Waals surface area contributed by atoms with Gasteiger partial charge in [0.15, 0.2) is 0 Å². The molecule has 1 aliphatic carbocycles. The van der Waals surface area contributed by atoms with Crippen molar-refractivity contribution in [3.63, 3.8) is 0 Å². The number of phenolic OH excluding ortho intramolecular Hbond substituents is 1. The van der Waals surface area contributed by atoms with Crippen molar-refractivity contribution in [2.24, 2.45) is 11.8 Å². The van der Waals surface area contributed by atoms with Gasteiger partial charge in [0.25, 0.3) is 5.91 Å². The lowest BCUT2D eigenvalue weighted by atomic mass is 9.88. The standard InChI is InChI=1S/C17H23N3O3/c1-19-9-11-6-12(5-10(11)7-16(19)22)20(2)17(23)14-8-13(21)3-4-15(14)18/h3-4,8,10-12,21H,5-7,9,18H2,1-2H3/t10-,11+,12-/m1/s1. The van der Waals surface area contributed by atoms with Crippen molar-refractivity contribution in [2.45, 2.75) is 25.3 Å². The van der Waals surface area contributed by atoms with Crippen molar-refractivity contribution in [3.05, 3.63) is 23.8 Å².